The monoisotopic (exact) mass is 397 g/mol. The van der Waals surface area contributed by atoms with Crippen LogP contribution in [0.1, 0.15) is 24.8 Å². The SMILES string of the molecule is Cc1cccc(N=c2scc(-c3cccs3)n2CCCN2CCCC2=O)c1. The highest BCUT2D eigenvalue weighted by Gasteiger charge is 2.19. The van der Waals surface area contributed by atoms with Gasteiger partial charge in [-0.1, -0.05) is 18.2 Å². The molecule has 1 fully saturated rings. The molecule has 2 aromatic heterocycles. The molecule has 1 aliphatic rings. The predicted octanol–water partition coefficient (Wildman–Crippen LogP) is 4.83. The van der Waals surface area contributed by atoms with Gasteiger partial charge in [0.25, 0.3) is 0 Å². The first kappa shape index (κ1) is 18.2. The van der Waals surface area contributed by atoms with Crippen LogP contribution in [-0.4, -0.2) is 28.5 Å². The third-order valence-corrected chi connectivity index (χ3v) is 6.53. The Balaban J connectivity index is 1.62. The van der Waals surface area contributed by atoms with Crippen molar-refractivity contribution in [3.8, 4) is 10.6 Å². The highest BCUT2D eigenvalue weighted by Crippen LogP contribution is 2.26. The number of amides is 1. The Morgan fingerprint density at radius 2 is 2.07 bits per heavy atom. The van der Waals surface area contributed by atoms with E-state index in [0.29, 0.717) is 12.3 Å². The maximum atomic E-state index is 11.9. The van der Waals surface area contributed by atoms with E-state index in [9.17, 15) is 4.79 Å². The van der Waals surface area contributed by atoms with Crippen LogP contribution >= 0.6 is 22.7 Å². The molecule has 6 heteroatoms. The maximum absolute atomic E-state index is 11.9. The minimum atomic E-state index is 0.300. The number of hydrogen-bond acceptors (Lipinski definition) is 4. The third kappa shape index (κ3) is 4.22. The van der Waals surface area contributed by atoms with E-state index in [1.807, 2.05) is 17.0 Å². The van der Waals surface area contributed by atoms with E-state index in [2.05, 4.69) is 46.5 Å². The standard InChI is InChI=1S/C21H23N3OS2/c1-16-6-2-7-17(14-16)22-21-24(12-5-11-23-10-3-9-20(23)25)18(15-27-21)19-8-4-13-26-19/h2,4,6-8,13-15H,3,5,9-12H2,1H3. The molecule has 4 rings (SSSR count). The van der Waals surface area contributed by atoms with Crippen LogP contribution in [0.3, 0.4) is 0 Å². The van der Waals surface area contributed by atoms with Crippen molar-refractivity contribution in [3.63, 3.8) is 0 Å². The van der Waals surface area contributed by atoms with Gasteiger partial charge in [-0.2, -0.15) is 0 Å². The number of benzene rings is 1. The number of nitrogens with zero attached hydrogens (tertiary/aromatic N) is 3. The highest BCUT2D eigenvalue weighted by molar-refractivity contribution is 7.14. The molecule has 27 heavy (non-hydrogen) atoms. The highest BCUT2D eigenvalue weighted by atomic mass is 32.1. The lowest BCUT2D eigenvalue weighted by Crippen LogP contribution is -2.27. The fourth-order valence-corrected chi connectivity index (χ4v) is 5.20. The quantitative estimate of drug-likeness (QED) is 0.587. The summed E-state index contributed by atoms with van der Waals surface area (Å²) in [5.74, 6) is 0.300. The summed E-state index contributed by atoms with van der Waals surface area (Å²) in [7, 11) is 0. The Morgan fingerprint density at radius 1 is 1.15 bits per heavy atom. The number of carbonyl (C=O) groups excluding carboxylic acids is 1. The van der Waals surface area contributed by atoms with Crippen molar-refractivity contribution >= 4 is 34.3 Å². The zero-order valence-electron chi connectivity index (χ0n) is 15.4. The summed E-state index contributed by atoms with van der Waals surface area (Å²) in [5, 5.41) is 4.30. The van der Waals surface area contributed by atoms with Gasteiger partial charge in [0.05, 0.1) is 16.3 Å². The van der Waals surface area contributed by atoms with Gasteiger partial charge < -0.3 is 9.47 Å². The van der Waals surface area contributed by atoms with Gasteiger partial charge in [-0.05, 0) is 48.9 Å². The molecule has 0 bridgehead atoms. The number of carbonyl (C=O) groups is 1. The molecular formula is C21H23N3OS2. The third-order valence-electron chi connectivity index (χ3n) is 4.78. The molecular weight excluding hydrogens is 374 g/mol. The van der Waals surface area contributed by atoms with Crippen LogP contribution in [0.2, 0.25) is 0 Å². The molecule has 3 aromatic rings. The fourth-order valence-electron chi connectivity index (χ4n) is 3.43. The molecule has 1 amide bonds. The second kappa shape index (κ2) is 8.23. The first-order chi connectivity index (χ1) is 13.2. The lowest BCUT2D eigenvalue weighted by molar-refractivity contribution is -0.127. The van der Waals surface area contributed by atoms with Crippen molar-refractivity contribution in [1.29, 1.82) is 0 Å². The van der Waals surface area contributed by atoms with Crippen LogP contribution in [0.25, 0.3) is 10.6 Å². The van der Waals surface area contributed by atoms with Crippen molar-refractivity contribution in [1.82, 2.24) is 9.47 Å². The summed E-state index contributed by atoms with van der Waals surface area (Å²) in [5.41, 5.74) is 3.41. The van der Waals surface area contributed by atoms with Gasteiger partial charge in [0.2, 0.25) is 5.91 Å². The summed E-state index contributed by atoms with van der Waals surface area (Å²) in [6, 6.07) is 12.5. The van der Waals surface area contributed by atoms with E-state index in [1.165, 1.54) is 16.1 Å². The maximum Gasteiger partial charge on any atom is 0.222 e. The lowest BCUT2D eigenvalue weighted by Gasteiger charge is -2.16. The number of rotatable bonds is 6. The first-order valence-electron chi connectivity index (χ1n) is 9.32. The summed E-state index contributed by atoms with van der Waals surface area (Å²) in [6.07, 6.45) is 2.65. The van der Waals surface area contributed by atoms with Crippen LogP contribution in [0.4, 0.5) is 5.69 Å². The number of aryl methyl sites for hydroxylation is 1. The number of aromatic nitrogens is 1. The summed E-state index contributed by atoms with van der Waals surface area (Å²) in [6.45, 7) is 4.69. The second-order valence-corrected chi connectivity index (χ2v) is 8.61. The van der Waals surface area contributed by atoms with Crippen LogP contribution in [0, 0.1) is 6.92 Å². The molecule has 0 spiro atoms. The molecule has 4 nitrogen and oxygen atoms in total. The first-order valence-corrected chi connectivity index (χ1v) is 11.1. The zero-order valence-corrected chi connectivity index (χ0v) is 17.1. The van der Waals surface area contributed by atoms with Gasteiger partial charge in [0.15, 0.2) is 4.80 Å². The van der Waals surface area contributed by atoms with E-state index in [-0.39, 0.29) is 0 Å². The van der Waals surface area contributed by atoms with E-state index in [0.717, 1.165) is 43.0 Å². The van der Waals surface area contributed by atoms with Crippen LogP contribution in [0.5, 0.6) is 0 Å². The van der Waals surface area contributed by atoms with Gasteiger partial charge in [0.1, 0.15) is 0 Å². The lowest BCUT2D eigenvalue weighted by atomic mass is 10.2. The number of thiophene rings is 1. The van der Waals surface area contributed by atoms with Gasteiger partial charge >= 0.3 is 0 Å². The summed E-state index contributed by atoms with van der Waals surface area (Å²) < 4.78 is 2.30. The molecule has 0 N–H and O–H groups in total. The fraction of sp³-hybridized carbons (Fsp3) is 0.333. The van der Waals surface area contributed by atoms with Crippen LogP contribution in [0.15, 0.2) is 52.2 Å². The molecule has 1 aromatic carbocycles. The van der Waals surface area contributed by atoms with Gasteiger partial charge in [-0.3, -0.25) is 4.79 Å². The molecule has 3 heterocycles. The summed E-state index contributed by atoms with van der Waals surface area (Å²) in [4.78, 5) is 21.0. The smallest absolute Gasteiger partial charge is 0.222 e. The molecule has 0 atom stereocenters. The van der Waals surface area contributed by atoms with Crippen molar-refractivity contribution in [2.45, 2.75) is 32.7 Å². The minimum Gasteiger partial charge on any atom is -0.343 e. The van der Waals surface area contributed by atoms with Crippen molar-refractivity contribution < 1.29 is 4.79 Å². The van der Waals surface area contributed by atoms with Crippen molar-refractivity contribution in [2.75, 3.05) is 13.1 Å². The van der Waals surface area contributed by atoms with E-state index < -0.39 is 0 Å². The van der Waals surface area contributed by atoms with Crippen molar-refractivity contribution in [3.05, 3.63) is 57.5 Å². The number of likely N-dealkylation sites (tertiary alicyclic amines) is 1. The van der Waals surface area contributed by atoms with Crippen LogP contribution < -0.4 is 4.80 Å². The largest absolute Gasteiger partial charge is 0.343 e. The Bertz CT molecular complexity index is 985. The molecule has 1 saturated heterocycles. The number of hydrogen-bond donors (Lipinski definition) is 0. The minimum absolute atomic E-state index is 0.300. The van der Waals surface area contributed by atoms with E-state index in [1.54, 1.807) is 22.7 Å². The molecule has 0 radical (unpaired) electrons. The van der Waals surface area contributed by atoms with E-state index >= 15 is 0 Å². The average Bonchev–Trinajstić information content (AvgIpc) is 3.38. The molecule has 1 aliphatic heterocycles. The average molecular weight is 398 g/mol. The molecule has 0 unspecified atom stereocenters. The summed E-state index contributed by atoms with van der Waals surface area (Å²) >= 11 is 3.43. The van der Waals surface area contributed by atoms with Gasteiger partial charge in [-0.15, -0.1) is 22.7 Å². The van der Waals surface area contributed by atoms with Gasteiger partial charge in [0, 0.05) is 31.4 Å². The Hall–Kier alpha value is -2.18. The topological polar surface area (TPSA) is 37.6 Å². The predicted molar refractivity (Wildman–Crippen MR) is 112 cm³/mol. The molecule has 140 valence electrons. The van der Waals surface area contributed by atoms with Gasteiger partial charge in [-0.25, -0.2) is 4.99 Å². The van der Waals surface area contributed by atoms with E-state index in [4.69, 9.17) is 4.99 Å². The van der Waals surface area contributed by atoms with Crippen molar-refractivity contribution in [2.24, 2.45) is 4.99 Å². The normalized spacial score (nSPS) is 15.1. The van der Waals surface area contributed by atoms with Crippen LogP contribution in [-0.2, 0) is 11.3 Å². The Labute approximate surface area is 167 Å². The number of thiazole rings is 1. The molecule has 0 saturated carbocycles. The molecule has 0 aliphatic carbocycles. The second-order valence-electron chi connectivity index (χ2n) is 6.82. The Morgan fingerprint density at radius 3 is 2.81 bits per heavy atom. The zero-order chi connectivity index (χ0) is 18.6. The Kier molecular flexibility index (Phi) is 5.55.